The zero-order chi connectivity index (χ0) is 19.4. The Kier molecular flexibility index (Phi) is 5.97. The molecular weight excluding hydrogens is 332 g/mol. The topological polar surface area (TPSA) is 72.7 Å². The molecule has 2 aromatic carbocycles. The van der Waals surface area contributed by atoms with Crippen LogP contribution in [0.2, 0.25) is 0 Å². The maximum Gasteiger partial charge on any atom is 0.269 e. The molecule has 0 aromatic heterocycles. The number of hydrogen-bond donors (Lipinski definition) is 0. The van der Waals surface area contributed by atoms with Crippen LogP contribution >= 0.6 is 0 Å². The molecule has 6 heteroatoms. The molecule has 1 atom stereocenters. The average molecular weight is 356 g/mol. The first-order chi connectivity index (χ1) is 12.2. The summed E-state index contributed by atoms with van der Waals surface area (Å²) in [6.07, 6.45) is 0. The molecule has 0 spiro atoms. The van der Waals surface area contributed by atoms with E-state index in [1.165, 1.54) is 17.0 Å². The summed E-state index contributed by atoms with van der Waals surface area (Å²) in [6, 6.07) is 10.1. The molecular formula is C20H24N2O4. The summed E-state index contributed by atoms with van der Waals surface area (Å²) in [5.41, 5.74) is 3.85. The minimum Gasteiger partial charge on any atom is -0.483 e. The van der Waals surface area contributed by atoms with Crippen LogP contribution in [0.5, 0.6) is 5.75 Å². The van der Waals surface area contributed by atoms with E-state index in [-0.39, 0.29) is 24.2 Å². The Balaban J connectivity index is 2.08. The van der Waals surface area contributed by atoms with Crippen LogP contribution < -0.4 is 4.74 Å². The number of nitro groups is 1. The number of aryl methyl sites for hydroxylation is 3. The van der Waals surface area contributed by atoms with E-state index in [2.05, 4.69) is 0 Å². The van der Waals surface area contributed by atoms with Crippen molar-refractivity contribution in [1.29, 1.82) is 0 Å². The number of rotatable bonds is 6. The third-order valence-electron chi connectivity index (χ3n) is 4.48. The number of hydrogen-bond acceptors (Lipinski definition) is 4. The van der Waals surface area contributed by atoms with E-state index >= 15 is 0 Å². The molecule has 6 nitrogen and oxygen atoms in total. The van der Waals surface area contributed by atoms with Crippen molar-refractivity contribution in [3.05, 3.63) is 68.8 Å². The number of carbonyl (C=O) groups excluding carboxylic acids is 1. The number of amides is 1. The molecule has 0 fully saturated rings. The van der Waals surface area contributed by atoms with Gasteiger partial charge in [-0.05, 0) is 44.4 Å². The highest BCUT2D eigenvalue weighted by atomic mass is 16.6. The Hall–Kier alpha value is -2.89. The molecule has 0 radical (unpaired) electrons. The van der Waals surface area contributed by atoms with Crippen molar-refractivity contribution in [3.63, 3.8) is 0 Å². The van der Waals surface area contributed by atoms with Crippen molar-refractivity contribution in [1.82, 2.24) is 4.90 Å². The molecule has 2 aromatic rings. The summed E-state index contributed by atoms with van der Waals surface area (Å²) in [6.45, 7) is 7.67. The number of carbonyl (C=O) groups is 1. The molecule has 138 valence electrons. The number of likely N-dealkylation sites (N-methyl/N-ethyl adjacent to an activating group) is 1. The second-order valence-electron chi connectivity index (χ2n) is 6.55. The summed E-state index contributed by atoms with van der Waals surface area (Å²) in [4.78, 5) is 24.5. The van der Waals surface area contributed by atoms with Gasteiger partial charge in [-0.15, -0.1) is 0 Å². The van der Waals surface area contributed by atoms with Gasteiger partial charge in [0.2, 0.25) is 0 Å². The van der Waals surface area contributed by atoms with Crippen LogP contribution in [-0.4, -0.2) is 29.4 Å². The molecule has 0 bridgehead atoms. The van der Waals surface area contributed by atoms with E-state index in [1.807, 2.05) is 39.8 Å². The standard InChI is InChI=1S/C20H24N2O4/c1-13-9-14(2)20(15(3)10-13)26-12-19(23)21(5)16(4)17-7-6-8-18(11-17)22(24)25/h6-11,16H,12H2,1-5H3/t16-/m1/s1. The third-order valence-corrected chi connectivity index (χ3v) is 4.48. The number of nitro benzene ring substituents is 1. The van der Waals surface area contributed by atoms with Gasteiger partial charge in [0.15, 0.2) is 6.61 Å². The summed E-state index contributed by atoms with van der Waals surface area (Å²) in [5.74, 6) is 0.531. The second kappa shape index (κ2) is 7.99. The van der Waals surface area contributed by atoms with Crippen molar-refractivity contribution in [2.45, 2.75) is 33.7 Å². The molecule has 0 heterocycles. The Morgan fingerprint density at radius 2 is 1.81 bits per heavy atom. The first-order valence-electron chi connectivity index (χ1n) is 8.41. The molecule has 0 unspecified atom stereocenters. The molecule has 0 aliphatic carbocycles. The number of non-ortho nitro benzene ring substituents is 1. The average Bonchev–Trinajstić information content (AvgIpc) is 2.59. The Morgan fingerprint density at radius 1 is 1.19 bits per heavy atom. The summed E-state index contributed by atoms with van der Waals surface area (Å²) < 4.78 is 5.75. The van der Waals surface area contributed by atoms with Crippen molar-refractivity contribution in [3.8, 4) is 5.75 Å². The van der Waals surface area contributed by atoms with Crippen LogP contribution in [0.3, 0.4) is 0 Å². The summed E-state index contributed by atoms with van der Waals surface area (Å²) in [7, 11) is 1.67. The lowest BCUT2D eigenvalue weighted by atomic mass is 10.1. The monoisotopic (exact) mass is 356 g/mol. The predicted octanol–water partition coefficient (Wildman–Crippen LogP) is 4.12. The Morgan fingerprint density at radius 3 is 2.38 bits per heavy atom. The van der Waals surface area contributed by atoms with Gasteiger partial charge in [-0.2, -0.15) is 0 Å². The number of ether oxygens (including phenoxy) is 1. The quantitative estimate of drug-likeness (QED) is 0.576. The molecule has 0 saturated carbocycles. The third kappa shape index (κ3) is 4.39. The second-order valence-corrected chi connectivity index (χ2v) is 6.55. The number of nitrogens with zero attached hydrogens (tertiary/aromatic N) is 2. The van der Waals surface area contributed by atoms with Crippen molar-refractivity contribution in [2.24, 2.45) is 0 Å². The highest BCUT2D eigenvalue weighted by Crippen LogP contribution is 2.26. The van der Waals surface area contributed by atoms with E-state index in [4.69, 9.17) is 4.74 Å². The highest BCUT2D eigenvalue weighted by Gasteiger charge is 2.20. The van der Waals surface area contributed by atoms with Gasteiger partial charge in [0.1, 0.15) is 5.75 Å². The fraction of sp³-hybridized carbons (Fsp3) is 0.350. The molecule has 0 aliphatic rings. The molecule has 2 rings (SSSR count). The normalized spacial score (nSPS) is 11.7. The van der Waals surface area contributed by atoms with Gasteiger partial charge in [-0.1, -0.05) is 29.8 Å². The number of benzene rings is 2. The lowest BCUT2D eigenvalue weighted by Gasteiger charge is -2.25. The largest absolute Gasteiger partial charge is 0.483 e. The van der Waals surface area contributed by atoms with Crippen LogP contribution in [0, 0.1) is 30.9 Å². The van der Waals surface area contributed by atoms with Crippen molar-refractivity contribution >= 4 is 11.6 Å². The van der Waals surface area contributed by atoms with Gasteiger partial charge in [-0.3, -0.25) is 14.9 Å². The van der Waals surface area contributed by atoms with Gasteiger partial charge in [0.25, 0.3) is 11.6 Å². The van der Waals surface area contributed by atoms with Gasteiger partial charge < -0.3 is 9.64 Å². The summed E-state index contributed by atoms with van der Waals surface area (Å²) in [5, 5.41) is 10.9. The predicted molar refractivity (Wildman–Crippen MR) is 100 cm³/mol. The fourth-order valence-electron chi connectivity index (χ4n) is 2.97. The Labute approximate surface area is 153 Å². The summed E-state index contributed by atoms with van der Waals surface area (Å²) >= 11 is 0. The van der Waals surface area contributed by atoms with Crippen LogP contribution in [0.4, 0.5) is 5.69 Å². The van der Waals surface area contributed by atoms with E-state index in [9.17, 15) is 14.9 Å². The minimum atomic E-state index is -0.440. The zero-order valence-electron chi connectivity index (χ0n) is 15.8. The van der Waals surface area contributed by atoms with E-state index in [1.54, 1.807) is 19.2 Å². The molecule has 26 heavy (non-hydrogen) atoms. The molecule has 0 aliphatic heterocycles. The van der Waals surface area contributed by atoms with Gasteiger partial charge in [0.05, 0.1) is 11.0 Å². The fourth-order valence-corrected chi connectivity index (χ4v) is 2.97. The Bertz CT molecular complexity index is 809. The SMILES string of the molecule is Cc1cc(C)c(OCC(=O)N(C)[C@H](C)c2cccc([N+](=O)[O-])c2)c(C)c1. The first-order valence-corrected chi connectivity index (χ1v) is 8.41. The van der Waals surface area contributed by atoms with Crippen molar-refractivity contribution in [2.75, 3.05) is 13.7 Å². The van der Waals surface area contributed by atoms with Gasteiger partial charge >= 0.3 is 0 Å². The minimum absolute atomic E-state index is 0.0114. The van der Waals surface area contributed by atoms with E-state index in [0.717, 1.165) is 22.4 Å². The zero-order valence-corrected chi connectivity index (χ0v) is 15.8. The van der Waals surface area contributed by atoms with Crippen LogP contribution in [0.1, 0.15) is 35.2 Å². The molecule has 0 saturated heterocycles. The molecule has 0 N–H and O–H groups in total. The smallest absolute Gasteiger partial charge is 0.269 e. The molecule has 1 amide bonds. The van der Waals surface area contributed by atoms with Crippen LogP contribution in [0.15, 0.2) is 36.4 Å². The van der Waals surface area contributed by atoms with Gasteiger partial charge in [-0.25, -0.2) is 0 Å². The van der Waals surface area contributed by atoms with Crippen LogP contribution in [0.25, 0.3) is 0 Å². The van der Waals surface area contributed by atoms with E-state index < -0.39 is 4.92 Å². The first kappa shape index (κ1) is 19.4. The lowest BCUT2D eigenvalue weighted by Crippen LogP contribution is -2.33. The van der Waals surface area contributed by atoms with Crippen molar-refractivity contribution < 1.29 is 14.5 Å². The van der Waals surface area contributed by atoms with E-state index in [0.29, 0.717) is 5.56 Å². The maximum absolute atomic E-state index is 12.5. The van der Waals surface area contributed by atoms with Crippen LogP contribution in [-0.2, 0) is 4.79 Å². The highest BCUT2D eigenvalue weighted by molar-refractivity contribution is 5.78. The maximum atomic E-state index is 12.5. The lowest BCUT2D eigenvalue weighted by molar-refractivity contribution is -0.384. The van der Waals surface area contributed by atoms with Gasteiger partial charge in [0, 0.05) is 19.2 Å².